The Labute approximate surface area is 160 Å². The molecule has 0 aliphatic carbocycles. The minimum absolute atomic E-state index is 0.192. The van der Waals surface area contributed by atoms with Crippen LogP contribution in [0.4, 0.5) is 0 Å². The van der Waals surface area contributed by atoms with E-state index in [1.54, 1.807) is 6.26 Å². The van der Waals surface area contributed by atoms with Crippen molar-refractivity contribution in [2.45, 2.75) is 6.42 Å². The predicted octanol–water partition coefficient (Wildman–Crippen LogP) is 2.83. The third-order valence-corrected chi connectivity index (χ3v) is 5.47. The number of rotatable bonds is 5. The van der Waals surface area contributed by atoms with Gasteiger partial charge in [-0.15, -0.1) is 0 Å². The zero-order chi connectivity index (χ0) is 18.8. The first-order valence-electron chi connectivity index (χ1n) is 9.64. The van der Waals surface area contributed by atoms with Crippen LogP contribution in [-0.2, 0) is 11.2 Å². The van der Waals surface area contributed by atoms with Crippen LogP contribution in [0.2, 0.25) is 0 Å². The van der Waals surface area contributed by atoms with Gasteiger partial charge in [0.25, 0.3) is 0 Å². The Kier molecular flexibility index (Phi) is 5.14. The standard InChI is InChI=1S/C22H27N3O2/c1-23(2)9-10-24-11-13-25(14-12-24)21(26)15-18-16-27-20-8-7-17-5-3-4-6-19(17)22(18)20/h3-8,16H,9-15H2,1-2H3. The summed E-state index contributed by atoms with van der Waals surface area (Å²) in [5.74, 6) is 0.192. The maximum absolute atomic E-state index is 12.9. The highest BCUT2D eigenvalue weighted by Crippen LogP contribution is 2.30. The Balaban J connectivity index is 1.45. The van der Waals surface area contributed by atoms with Crippen molar-refractivity contribution in [3.05, 3.63) is 48.2 Å². The molecule has 27 heavy (non-hydrogen) atoms. The molecule has 0 bridgehead atoms. The monoisotopic (exact) mass is 365 g/mol. The Hall–Kier alpha value is -2.37. The van der Waals surface area contributed by atoms with Crippen LogP contribution in [0, 0.1) is 0 Å². The number of carbonyl (C=O) groups is 1. The second-order valence-corrected chi connectivity index (χ2v) is 7.62. The van der Waals surface area contributed by atoms with Crippen molar-refractivity contribution in [2.24, 2.45) is 0 Å². The summed E-state index contributed by atoms with van der Waals surface area (Å²) in [4.78, 5) is 19.5. The average molecular weight is 365 g/mol. The molecule has 0 N–H and O–H groups in total. The van der Waals surface area contributed by atoms with E-state index < -0.39 is 0 Å². The van der Waals surface area contributed by atoms with Crippen LogP contribution in [0.5, 0.6) is 0 Å². The summed E-state index contributed by atoms with van der Waals surface area (Å²) < 4.78 is 5.73. The smallest absolute Gasteiger partial charge is 0.227 e. The van der Waals surface area contributed by atoms with Gasteiger partial charge < -0.3 is 14.2 Å². The molecule has 142 valence electrons. The van der Waals surface area contributed by atoms with Gasteiger partial charge in [-0.1, -0.05) is 30.3 Å². The van der Waals surface area contributed by atoms with E-state index >= 15 is 0 Å². The quantitative estimate of drug-likeness (QED) is 0.697. The Morgan fingerprint density at radius 1 is 1.07 bits per heavy atom. The van der Waals surface area contributed by atoms with Gasteiger partial charge in [-0.25, -0.2) is 0 Å². The van der Waals surface area contributed by atoms with Gasteiger partial charge in [0.15, 0.2) is 0 Å². The topological polar surface area (TPSA) is 39.9 Å². The maximum atomic E-state index is 12.9. The fourth-order valence-electron chi connectivity index (χ4n) is 3.84. The highest BCUT2D eigenvalue weighted by molar-refractivity contribution is 6.08. The van der Waals surface area contributed by atoms with Crippen LogP contribution >= 0.6 is 0 Å². The van der Waals surface area contributed by atoms with Crippen molar-refractivity contribution in [1.29, 1.82) is 0 Å². The molecule has 3 aromatic rings. The number of furan rings is 1. The van der Waals surface area contributed by atoms with E-state index in [1.807, 2.05) is 23.1 Å². The number of piperazine rings is 1. The van der Waals surface area contributed by atoms with E-state index in [9.17, 15) is 4.79 Å². The molecule has 1 aromatic heterocycles. The lowest BCUT2D eigenvalue weighted by Gasteiger charge is -2.35. The lowest BCUT2D eigenvalue weighted by Crippen LogP contribution is -2.50. The summed E-state index contributed by atoms with van der Waals surface area (Å²) in [5.41, 5.74) is 1.84. The first-order chi connectivity index (χ1) is 13.1. The number of fused-ring (bicyclic) bond motifs is 3. The van der Waals surface area contributed by atoms with E-state index in [1.165, 1.54) is 5.39 Å². The molecule has 1 aliphatic heterocycles. The molecule has 1 aliphatic rings. The predicted molar refractivity (Wildman–Crippen MR) is 109 cm³/mol. The Morgan fingerprint density at radius 3 is 2.63 bits per heavy atom. The van der Waals surface area contributed by atoms with E-state index in [0.717, 1.165) is 61.2 Å². The van der Waals surface area contributed by atoms with Crippen molar-refractivity contribution in [3.8, 4) is 0 Å². The van der Waals surface area contributed by atoms with Gasteiger partial charge in [0.05, 0.1) is 12.7 Å². The molecule has 1 saturated heterocycles. The molecule has 5 nitrogen and oxygen atoms in total. The van der Waals surface area contributed by atoms with Crippen LogP contribution < -0.4 is 0 Å². The molecule has 0 unspecified atom stereocenters. The molecule has 5 heteroatoms. The van der Waals surface area contributed by atoms with Crippen LogP contribution in [0.25, 0.3) is 21.7 Å². The van der Waals surface area contributed by atoms with Crippen LogP contribution in [0.1, 0.15) is 5.56 Å². The summed E-state index contributed by atoms with van der Waals surface area (Å²) in [7, 11) is 4.19. The molecule has 1 amide bonds. The number of amides is 1. The number of nitrogens with zero attached hydrogens (tertiary/aromatic N) is 3. The molecule has 2 aromatic carbocycles. The SMILES string of the molecule is CN(C)CCN1CCN(C(=O)Cc2coc3ccc4ccccc4c23)CC1. The van der Waals surface area contributed by atoms with Gasteiger partial charge >= 0.3 is 0 Å². The zero-order valence-electron chi connectivity index (χ0n) is 16.1. The van der Waals surface area contributed by atoms with Crippen molar-refractivity contribution in [2.75, 3.05) is 53.4 Å². The van der Waals surface area contributed by atoms with E-state index in [2.05, 4.69) is 42.1 Å². The van der Waals surface area contributed by atoms with E-state index in [-0.39, 0.29) is 5.91 Å². The molecule has 0 radical (unpaired) electrons. The second-order valence-electron chi connectivity index (χ2n) is 7.62. The normalized spacial score (nSPS) is 15.9. The molecular formula is C22H27N3O2. The second kappa shape index (κ2) is 7.71. The van der Waals surface area contributed by atoms with E-state index in [4.69, 9.17) is 4.42 Å². The van der Waals surface area contributed by atoms with Gasteiger partial charge in [0.1, 0.15) is 5.58 Å². The van der Waals surface area contributed by atoms with Gasteiger partial charge in [-0.2, -0.15) is 0 Å². The zero-order valence-corrected chi connectivity index (χ0v) is 16.1. The fraction of sp³-hybridized carbons (Fsp3) is 0.409. The van der Waals surface area contributed by atoms with Crippen molar-refractivity contribution in [1.82, 2.24) is 14.7 Å². The highest BCUT2D eigenvalue weighted by Gasteiger charge is 2.22. The third kappa shape index (κ3) is 3.84. The summed E-state index contributed by atoms with van der Waals surface area (Å²) in [6.45, 7) is 5.64. The van der Waals surface area contributed by atoms with Gasteiger partial charge in [-0.05, 0) is 30.9 Å². The molecule has 0 saturated carbocycles. The highest BCUT2D eigenvalue weighted by atomic mass is 16.3. The minimum atomic E-state index is 0.192. The number of likely N-dealkylation sites (N-methyl/N-ethyl adjacent to an activating group) is 1. The first kappa shape index (κ1) is 18.0. The molecule has 0 spiro atoms. The Morgan fingerprint density at radius 2 is 1.85 bits per heavy atom. The fourth-order valence-corrected chi connectivity index (χ4v) is 3.84. The van der Waals surface area contributed by atoms with Crippen molar-refractivity contribution >= 4 is 27.6 Å². The number of benzene rings is 2. The summed E-state index contributed by atoms with van der Waals surface area (Å²) in [6, 6.07) is 12.3. The number of hydrogen-bond donors (Lipinski definition) is 0. The third-order valence-electron chi connectivity index (χ3n) is 5.47. The van der Waals surface area contributed by atoms with Crippen molar-refractivity contribution in [3.63, 3.8) is 0 Å². The molecule has 2 heterocycles. The van der Waals surface area contributed by atoms with Gasteiger partial charge in [0, 0.05) is 50.2 Å². The van der Waals surface area contributed by atoms with E-state index in [0.29, 0.717) is 6.42 Å². The largest absolute Gasteiger partial charge is 0.464 e. The van der Waals surface area contributed by atoms with Gasteiger partial charge in [0.2, 0.25) is 5.91 Å². The van der Waals surface area contributed by atoms with Crippen LogP contribution in [0.3, 0.4) is 0 Å². The number of hydrogen-bond acceptors (Lipinski definition) is 4. The average Bonchev–Trinajstić information content (AvgIpc) is 3.10. The van der Waals surface area contributed by atoms with Crippen LogP contribution in [0.15, 0.2) is 47.1 Å². The van der Waals surface area contributed by atoms with Crippen molar-refractivity contribution < 1.29 is 9.21 Å². The molecule has 1 fully saturated rings. The summed E-state index contributed by atoms with van der Waals surface area (Å²) >= 11 is 0. The number of carbonyl (C=O) groups excluding carboxylic acids is 1. The lowest BCUT2D eigenvalue weighted by atomic mass is 10.0. The minimum Gasteiger partial charge on any atom is -0.464 e. The van der Waals surface area contributed by atoms with Gasteiger partial charge in [-0.3, -0.25) is 9.69 Å². The summed E-state index contributed by atoms with van der Waals surface area (Å²) in [5, 5.41) is 3.40. The Bertz CT molecular complexity index is 939. The summed E-state index contributed by atoms with van der Waals surface area (Å²) in [6.07, 6.45) is 2.15. The van der Waals surface area contributed by atoms with Crippen LogP contribution in [-0.4, -0.2) is 74.0 Å². The maximum Gasteiger partial charge on any atom is 0.227 e. The molecule has 4 rings (SSSR count). The first-order valence-corrected chi connectivity index (χ1v) is 9.64. The lowest BCUT2D eigenvalue weighted by molar-refractivity contribution is -0.132. The molecule has 0 atom stereocenters. The molecular weight excluding hydrogens is 338 g/mol.